The Morgan fingerprint density at radius 2 is 1.95 bits per heavy atom. The van der Waals surface area contributed by atoms with Crippen molar-refractivity contribution < 1.29 is 4.79 Å². The molecule has 6 heteroatoms. The van der Waals surface area contributed by atoms with Crippen LogP contribution in [0.2, 0.25) is 10.3 Å². The summed E-state index contributed by atoms with van der Waals surface area (Å²) in [4.78, 5) is 19.8. The molecule has 0 saturated heterocycles. The zero-order chi connectivity index (χ0) is 14.0. The molecule has 0 aliphatic carbocycles. The molecule has 0 unspecified atom stereocenters. The zero-order valence-electron chi connectivity index (χ0n) is 10.4. The minimum atomic E-state index is -0.375. The monoisotopic (exact) mass is 295 g/mol. The fraction of sp³-hybridized carbons (Fsp3) is 0.154. The van der Waals surface area contributed by atoms with Crippen LogP contribution in [0.25, 0.3) is 0 Å². The van der Waals surface area contributed by atoms with Gasteiger partial charge in [0, 0.05) is 5.69 Å². The van der Waals surface area contributed by atoms with Crippen LogP contribution in [0.3, 0.4) is 0 Å². The molecule has 1 aromatic carbocycles. The van der Waals surface area contributed by atoms with Crippen molar-refractivity contribution in [2.24, 2.45) is 0 Å². The summed E-state index contributed by atoms with van der Waals surface area (Å²) in [5.41, 5.74) is 2.26. The number of carbonyl (C=O) groups excluding carboxylic acids is 1. The number of nitrogens with one attached hydrogen (secondary N) is 1. The van der Waals surface area contributed by atoms with E-state index in [0.29, 0.717) is 16.4 Å². The van der Waals surface area contributed by atoms with Gasteiger partial charge in [-0.25, -0.2) is 9.97 Å². The highest BCUT2D eigenvalue weighted by molar-refractivity contribution is 6.34. The number of carbonyl (C=O) groups is 1. The van der Waals surface area contributed by atoms with Crippen molar-refractivity contribution in [1.29, 1.82) is 0 Å². The number of hydrogen-bond donors (Lipinski definition) is 1. The Kier molecular flexibility index (Phi) is 4.02. The van der Waals surface area contributed by atoms with Gasteiger partial charge in [-0.1, -0.05) is 23.7 Å². The molecule has 1 N–H and O–H groups in total. The quantitative estimate of drug-likeness (QED) is 0.861. The van der Waals surface area contributed by atoms with Crippen LogP contribution in [0.5, 0.6) is 0 Å². The zero-order valence-corrected chi connectivity index (χ0v) is 11.9. The molecule has 2 rings (SSSR count). The molecule has 2 aromatic rings. The molecule has 19 heavy (non-hydrogen) atoms. The van der Waals surface area contributed by atoms with Crippen LogP contribution in [-0.4, -0.2) is 15.9 Å². The van der Waals surface area contributed by atoms with Gasteiger partial charge in [-0.05, 0) is 43.1 Å². The van der Waals surface area contributed by atoms with Crippen molar-refractivity contribution in [1.82, 2.24) is 9.97 Å². The largest absolute Gasteiger partial charge is 0.319 e. The van der Waals surface area contributed by atoms with E-state index >= 15 is 0 Å². The second kappa shape index (κ2) is 5.55. The molecular formula is C13H11Cl2N3O. The van der Waals surface area contributed by atoms with E-state index in [1.807, 2.05) is 19.1 Å². The molecule has 4 nitrogen and oxygen atoms in total. The third-order valence-electron chi connectivity index (χ3n) is 2.50. The summed E-state index contributed by atoms with van der Waals surface area (Å²) in [5.74, 6) is -0.375. The van der Waals surface area contributed by atoms with Crippen LogP contribution < -0.4 is 5.32 Å². The number of aryl methyl sites for hydroxylation is 2. The Morgan fingerprint density at radius 3 is 2.63 bits per heavy atom. The summed E-state index contributed by atoms with van der Waals surface area (Å²) < 4.78 is 0. The molecule has 0 aliphatic rings. The van der Waals surface area contributed by atoms with E-state index in [4.69, 9.17) is 23.2 Å². The number of halogens is 2. The van der Waals surface area contributed by atoms with Gasteiger partial charge in [0.2, 0.25) is 5.28 Å². The molecule has 98 valence electrons. The lowest BCUT2D eigenvalue weighted by molar-refractivity contribution is 0.102. The van der Waals surface area contributed by atoms with E-state index in [1.165, 1.54) is 0 Å². The van der Waals surface area contributed by atoms with Gasteiger partial charge in [-0.3, -0.25) is 4.79 Å². The van der Waals surface area contributed by atoms with Crippen molar-refractivity contribution in [2.45, 2.75) is 13.8 Å². The standard InChI is InChI=1S/C13H11Cl2N3O/c1-7-4-3-5-9(11(7)14)17-12(19)10-6-8(2)16-13(15)18-10/h3-6H,1-2H3,(H,17,19). The molecule has 0 bridgehead atoms. The van der Waals surface area contributed by atoms with E-state index in [9.17, 15) is 4.79 Å². The maximum absolute atomic E-state index is 12.1. The summed E-state index contributed by atoms with van der Waals surface area (Å²) in [6.07, 6.45) is 0. The van der Waals surface area contributed by atoms with Crippen LogP contribution in [-0.2, 0) is 0 Å². The van der Waals surface area contributed by atoms with Gasteiger partial charge >= 0.3 is 0 Å². The van der Waals surface area contributed by atoms with Gasteiger partial charge in [0.25, 0.3) is 5.91 Å². The highest BCUT2D eigenvalue weighted by Crippen LogP contribution is 2.25. The van der Waals surface area contributed by atoms with Gasteiger partial charge in [0.1, 0.15) is 5.69 Å². The SMILES string of the molecule is Cc1cc(C(=O)Nc2cccc(C)c2Cl)nc(Cl)n1. The van der Waals surface area contributed by atoms with Crippen LogP contribution in [0.1, 0.15) is 21.7 Å². The highest BCUT2D eigenvalue weighted by atomic mass is 35.5. The van der Waals surface area contributed by atoms with Crippen molar-refractivity contribution in [3.8, 4) is 0 Å². The lowest BCUT2D eigenvalue weighted by Crippen LogP contribution is -2.15. The van der Waals surface area contributed by atoms with Crippen LogP contribution in [0.15, 0.2) is 24.3 Å². The summed E-state index contributed by atoms with van der Waals surface area (Å²) in [5, 5.41) is 3.25. The van der Waals surface area contributed by atoms with Crippen LogP contribution in [0, 0.1) is 13.8 Å². The maximum Gasteiger partial charge on any atom is 0.274 e. The fourth-order valence-electron chi connectivity index (χ4n) is 1.58. The Bertz CT molecular complexity index is 624. The van der Waals surface area contributed by atoms with E-state index in [1.54, 1.807) is 19.1 Å². The minimum Gasteiger partial charge on any atom is -0.319 e. The van der Waals surface area contributed by atoms with Gasteiger partial charge in [-0.2, -0.15) is 0 Å². The first kappa shape index (κ1) is 13.8. The van der Waals surface area contributed by atoms with Gasteiger partial charge in [0.05, 0.1) is 10.7 Å². The van der Waals surface area contributed by atoms with Crippen molar-refractivity contribution in [3.05, 3.63) is 51.5 Å². The lowest BCUT2D eigenvalue weighted by Gasteiger charge is -2.08. The third-order valence-corrected chi connectivity index (χ3v) is 3.17. The smallest absolute Gasteiger partial charge is 0.274 e. The normalized spacial score (nSPS) is 10.3. The Balaban J connectivity index is 2.28. The second-order valence-corrected chi connectivity index (χ2v) is 4.77. The van der Waals surface area contributed by atoms with E-state index in [2.05, 4.69) is 15.3 Å². The minimum absolute atomic E-state index is 0.0421. The molecule has 0 aliphatic heterocycles. The van der Waals surface area contributed by atoms with Gasteiger partial charge in [-0.15, -0.1) is 0 Å². The number of hydrogen-bond acceptors (Lipinski definition) is 3. The summed E-state index contributed by atoms with van der Waals surface area (Å²) in [6, 6.07) is 6.96. The van der Waals surface area contributed by atoms with E-state index < -0.39 is 0 Å². The first-order chi connectivity index (χ1) is 8.97. The van der Waals surface area contributed by atoms with Crippen LogP contribution >= 0.6 is 23.2 Å². The highest BCUT2D eigenvalue weighted by Gasteiger charge is 2.12. The molecule has 0 atom stereocenters. The fourth-order valence-corrected chi connectivity index (χ4v) is 1.98. The molecule has 1 amide bonds. The maximum atomic E-state index is 12.1. The number of nitrogens with zero attached hydrogens (tertiary/aromatic N) is 2. The molecule has 1 aromatic heterocycles. The van der Waals surface area contributed by atoms with Crippen LogP contribution in [0.4, 0.5) is 5.69 Å². The number of rotatable bonds is 2. The average Bonchev–Trinajstić information content (AvgIpc) is 2.33. The van der Waals surface area contributed by atoms with Crippen molar-refractivity contribution in [3.63, 3.8) is 0 Å². The number of aromatic nitrogens is 2. The van der Waals surface area contributed by atoms with Crippen molar-refractivity contribution in [2.75, 3.05) is 5.32 Å². The number of benzene rings is 1. The summed E-state index contributed by atoms with van der Waals surface area (Å²) >= 11 is 11.8. The molecule has 0 saturated carbocycles. The number of anilines is 1. The van der Waals surface area contributed by atoms with E-state index in [0.717, 1.165) is 5.56 Å². The van der Waals surface area contributed by atoms with Gasteiger partial charge < -0.3 is 5.32 Å². The molecule has 0 fully saturated rings. The first-order valence-electron chi connectivity index (χ1n) is 5.55. The Morgan fingerprint density at radius 1 is 1.21 bits per heavy atom. The Labute approximate surface area is 120 Å². The predicted molar refractivity (Wildman–Crippen MR) is 75.9 cm³/mol. The van der Waals surface area contributed by atoms with E-state index in [-0.39, 0.29) is 16.9 Å². The molecule has 0 spiro atoms. The molecule has 1 heterocycles. The topological polar surface area (TPSA) is 54.9 Å². The predicted octanol–water partition coefficient (Wildman–Crippen LogP) is 3.65. The van der Waals surface area contributed by atoms with Crippen molar-refractivity contribution >= 4 is 34.8 Å². The molecular weight excluding hydrogens is 285 g/mol. The lowest BCUT2D eigenvalue weighted by atomic mass is 10.2. The first-order valence-corrected chi connectivity index (χ1v) is 6.30. The number of amides is 1. The summed E-state index contributed by atoms with van der Waals surface area (Å²) in [7, 11) is 0. The Hall–Kier alpha value is -1.65. The van der Waals surface area contributed by atoms with Gasteiger partial charge in [0.15, 0.2) is 0 Å². The third kappa shape index (κ3) is 3.22. The molecule has 0 radical (unpaired) electrons. The second-order valence-electron chi connectivity index (χ2n) is 4.05. The summed E-state index contributed by atoms with van der Waals surface area (Å²) in [6.45, 7) is 3.60. The average molecular weight is 296 g/mol.